The van der Waals surface area contributed by atoms with Crippen LogP contribution in [0.3, 0.4) is 0 Å². The summed E-state index contributed by atoms with van der Waals surface area (Å²) < 4.78 is 28.1. The molecule has 0 saturated heterocycles. The zero-order valence-corrected chi connectivity index (χ0v) is 20.1. The third-order valence-corrected chi connectivity index (χ3v) is 7.48. The van der Waals surface area contributed by atoms with E-state index in [1.165, 1.54) is 0 Å². The van der Waals surface area contributed by atoms with Crippen molar-refractivity contribution in [1.29, 1.82) is 0 Å². The number of hydrogen-bond donors (Lipinski definition) is 3. The summed E-state index contributed by atoms with van der Waals surface area (Å²) in [5.74, 6) is -2.67. The SMILES string of the molecule is CS(=O)(=O)CCC(NC(=O)C1CC1CNC(=O)OCC1c2ccccc2-c2ccccc21)C(=O)O. The van der Waals surface area contributed by atoms with Crippen LogP contribution >= 0.6 is 0 Å². The number of benzene rings is 2. The number of alkyl carbamates (subject to hydrolysis) is 1. The summed E-state index contributed by atoms with van der Waals surface area (Å²) in [4.78, 5) is 36.0. The van der Waals surface area contributed by atoms with E-state index in [1.807, 2.05) is 36.4 Å². The summed E-state index contributed by atoms with van der Waals surface area (Å²) in [5.41, 5.74) is 4.51. The second kappa shape index (κ2) is 10.1. The molecule has 0 spiro atoms. The Labute approximate surface area is 203 Å². The number of carboxylic acids is 1. The van der Waals surface area contributed by atoms with E-state index in [1.54, 1.807) is 0 Å². The summed E-state index contributed by atoms with van der Waals surface area (Å²) in [7, 11) is -3.34. The molecule has 9 nitrogen and oxygen atoms in total. The van der Waals surface area contributed by atoms with Crippen LogP contribution in [0.1, 0.15) is 29.9 Å². The Morgan fingerprint density at radius 1 is 1.06 bits per heavy atom. The van der Waals surface area contributed by atoms with Gasteiger partial charge in [0.05, 0.1) is 5.75 Å². The first-order valence-corrected chi connectivity index (χ1v) is 13.5. The van der Waals surface area contributed by atoms with Crippen molar-refractivity contribution in [1.82, 2.24) is 10.6 Å². The molecule has 3 unspecified atom stereocenters. The number of carbonyl (C=O) groups is 3. The van der Waals surface area contributed by atoms with E-state index in [9.17, 15) is 27.9 Å². The number of nitrogens with one attached hydrogen (secondary N) is 2. The van der Waals surface area contributed by atoms with Gasteiger partial charge in [-0.1, -0.05) is 48.5 Å². The second-order valence-corrected chi connectivity index (χ2v) is 11.4. The number of aliphatic carboxylic acids is 1. The van der Waals surface area contributed by atoms with Gasteiger partial charge >= 0.3 is 12.1 Å². The Morgan fingerprint density at radius 3 is 2.23 bits per heavy atom. The lowest BCUT2D eigenvalue weighted by atomic mass is 9.98. The number of amides is 2. The molecule has 0 bridgehead atoms. The molecule has 1 saturated carbocycles. The van der Waals surface area contributed by atoms with E-state index in [0.717, 1.165) is 28.5 Å². The monoisotopic (exact) mass is 500 g/mol. The van der Waals surface area contributed by atoms with Crippen LogP contribution in [0.2, 0.25) is 0 Å². The van der Waals surface area contributed by atoms with Gasteiger partial charge < -0.3 is 20.5 Å². The fourth-order valence-electron chi connectivity index (χ4n) is 4.53. The Morgan fingerprint density at radius 2 is 1.66 bits per heavy atom. The molecule has 2 aliphatic rings. The first kappa shape index (κ1) is 24.7. The molecular formula is C25H28N2O7S. The highest BCUT2D eigenvalue weighted by atomic mass is 32.2. The molecule has 1 fully saturated rings. The summed E-state index contributed by atoms with van der Waals surface area (Å²) in [6.45, 7) is 0.422. The first-order chi connectivity index (χ1) is 16.6. The van der Waals surface area contributed by atoms with Crippen LogP contribution in [0.5, 0.6) is 0 Å². The minimum atomic E-state index is -3.34. The maximum absolute atomic E-state index is 12.4. The Bertz CT molecular complexity index is 1200. The predicted molar refractivity (Wildman–Crippen MR) is 129 cm³/mol. The molecule has 0 aliphatic heterocycles. The van der Waals surface area contributed by atoms with Crippen molar-refractivity contribution in [2.75, 3.05) is 25.2 Å². The third kappa shape index (κ3) is 6.00. The highest BCUT2D eigenvalue weighted by Gasteiger charge is 2.44. The standard InChI is InChI=1S/C25H28N2O7S/c1-35(32,33)11-10-22(24(29)30)27-23(28)20-12-15(20)13-26-25(31)34-14-21-18-8-4-2-6-16(18)17-7-3-5-9-19(17)21/h2-9,15,20-22H,10-14H2,1H3,(H,26,31)(H,27,28)(H,29,30). The average Bonchev–Trinajstić information content (AvgIpc) is 3.53. The Balaban J connectivity index is 1.23. The average molecular weight is 501 g/mol. The summed E-state index contributed by atoms with van der Waals surface area (Å²) in [5, 5.41) is 14.3. The topological polar surface area (TPSA) is 139 Å². The van der Waals surface area contributed by atoms with Crippen LogP contribution < -0.4 is 10.6 Å². The highest BCUT2D eigenvalue weighted by Crippen LogP contribution is 2.44. The Kier molecular flexibility index (Phi) is 7.11. The van der Waals surface area contributed by atoms with Gasteiger partial charge in [0.2, 0.25) is 5.91 Å². The van der Waals surface area contributed by atoms with Crippen molar-refractivity contribution in [3.63, 3.8) is 0 Å². The van der Waals surface area contributed by atoms with E-state index in [2.05, 4.69) is 22.8 Å². The van der Waals surface area contributed by atoms with Gasteiger partial charge in [-0.3, -0.25) is 4.79 Å². The summed E-state index contributed by atoms with van der Waals surface area (Å²) in [6.07, 6.45) is 0.748. The fourth-order valence-corrected chi connectivity index (χ4v) is 5.19. The molecule has 10 heteroatoms. The number of ether oxygens (including phenoxy) is 1. The summed E-state index contributed by atoms with van der Waals surface area (Å²) >= 11 is 0. The van der Waals surface area contributed by atoms with Gasteiger partial charge in [0.1, 0.15) is 22.5 Å². The van der Waals surface area contributed by atoms with Gasteiger partial charge in [-0.15, -0.1) is 0 Å². The Hall–Kier alpha value is -3.40. The van der Waals surface area contributed by atoms with Crippen LogP contribution in [0.15, 0.2) is 48.5 Å². The fraction of sp³-hybridized carbons (Fsp3) is 0.400. The normalized spacial score (nSPS) is 19.2. The lowest BCUT2D eigenvalue weighted by Gasteiger charge is -2.15. The number of sulfone groups is 1. The number of hydrogen-bond acceptors (Lipinski definition) is 6. The van der Waals surface area contributed by atoms with Gasteiger partial charge in [0.15, 0.2) is 0 Å². The molecule has 4 rings (SSSR count). The molecule has 0 radical (unpaired) electrons. The highest BCUT2D eigenvalue weighted by molar-refractivity contribution is 7.90. The molecule has 2 aromatic carbocycles. The van der Waals surface area contributed by atoms with Crippen LogP contribution in [0, 0.1) is 11.8 Å². The maximum atomic E-state index is 12.4. The van der Waals surface area contributed by atoms with E-state index >= 15 is 0 Å². The lowest BCUT2D eigenvalue weighted by molar-refractivity contribution is -0.142. The lowest BCUT2D eigenvalue weighted by Crippen LogP contribution is -2.43. The van der Waals surface area contributed by atoms with Crippen molar-refractivity contribution < 1.29 is 32.6 Å². The molecule has 2 amide bonds. The van der Waals surface area contributed by atoms with E-state index in [0.29, 0.717) is 6.42 Å². The minimum Gasteiger partial charge on any atom is -0.480 e. The quantitative estimate of drug-likeness (QED) is 0.454. The van der Waals surface area contributed by atoms with Crippen LogP contribution in [0.25, 0.3) is 11.1 Å². The molecule has 2 aliphatic carbocycles. The number of rotatable bonds is 10. The smallest absolute Gasteiger partial charge is 0.407 e. The van der Waals surface area contributed by atoms with Crippen LogP contribution in [-0.2, 0) is 24.2 Å². The first-order valence-electron chi connectivity index (χ1n) is 11.4. The van der Waals surface area contributed by atoms with Gasteiger partial charge in [0.25, 0.3) is 0 Å². The maximum Gasteiger partial charge on any atom is 0.407 e. The molecular weight excluding hydrogens is 472 g/mol. The van der Waals surface area contributed by atoms with E-state index in [-0.39, 0.29) is 37.2 Å². The second-order valence-electron chi connectivity index (χ2n) is 9.13. The van der Waals surface area contributed by atoms with Crippen LogP contribution in [0.4, 0.5) is 4.79 Å². The van der Waals surface area contributed by atoms with Gasteiger partial charge in [-0.2, -0.15) is 0 Å². The number of carboxylic acid groups (broad SMARTS) is 1. The molecule has 3 N–H and O–H groups in total. The summed E-state index contributed by atoms with van der Waals surface area (Å²) in [6, 6.07) is 14.8. The van der Waals surface area contributed by atoms with Gasteiger partial charge in [-0.05, 0) is 41.0 Å². The molecule has 35 heavy (non-hydrogen) atoms. The predicted octanol–water partition coefficient (Wildman–Crippen LogP) is 2.17. The minimum absolute atomic E-state index is 0.0486. The van der Waals surface area contributed by atoms with Crippen molar-refractivity contribution in [2.45, 2.75) is 24.8 Å². The van der Waals surface area contributed by atoms with E-state index in [4.69, 9.17) is 4.74 Å². The van der Waals surface area contributed by atoms with Gasteiger partial charge in [0, 0.05) is 24.6 Å². The van der Waals surface area contributed by atoms with Gasteiger partial charge in [-0.25, -0.2) is 18.0 Å². The molecule has 3 atom stereocenters. The molecule has 0 aromatic heterocycles. The van der Waals surface area contributed by atoms with Crippen LogP contribution in [-0.4, -0.2) is 62.7 Å². The molecule has 2 aromatic rings. The van der Waals surface area contributed by atoms with Crippen molar-refractivity contribution in [3.8, 4) is 11.1 Å². The van der Waals surface area contributed by atoms with Crippen molar-refractivity contribution in [3.05, 3.63) is 59.7 Å². The number of carbonyl (C=O) groups excluding carboxylic acids is 2. The largest absolute Gasteiger partial charge is 0.480 e. The van der Waals surface area contributed by atoms with Crippen molar-refractivity contribution in [2.24, 2.45) is 11.8 Å². The molecule has 186 valence electrons. The van der Waals surface area contributed by atoms with Crippen molar-refractivity contribution >= 4 is 27.8 Å². The molecule has 0 heterocycles. The third-order valence-electron chi connectivity index (χ3n) is 6.50. The zero-order valence-electron chi connectivity index (χ0n) is 19.3. The van der Waals surface area contributed by atoms with E-state index < -0.39 is 39.8 Å². The zero-order chi connectivity index (χ0) is 25.2. The number of fused-ring (bicyclic) bond motifs is 3.